The molecule has 8 atom stereocenters. The number of unbranched alkanes of at least 4 members (excludes halogenated alkanes) is 4. The Morgan fingerprint density at radius 3 is 2.38 bits per heavy atom. The summed E-state index contributed by atoms with van der Waals surface area (Å²) in [5.74, 6) is -3.15. The molecule has 1 saturated carbocycles. The van der Waals surface area contributed by atoms with Crippen molar-refractivity contribution in [3.05, 3.63) is 22.8 Å². The molecule has 10 heteroatoms. The molecule has 222 valence electrons. The first-order valence-corrected chi connectivity index (χ1v) is 14.3. The molecule has 1 N–H and O–H groups in total. The van der Waals surface area contributed by atoms with Crippen LogP contribution < -0.4 is 0 Å². The van der Waals surface area contributed by atoms with Crippen LogP contribution in [-0.4, -0.2) is 70.2 Å². The molecule has 2 aliphatic heterocycles. The SMILES string of the molecule is C/C=C(/C)C(=O)O[C@@H]1C(C)=C2[C@H]3OC(=O)[C@@]4(C)O[C@@]34[C@H](O)C[C@@](C)(OC(C)=O)[C@@H]2[C@H]1OC(=O)CCCCCCC. The monoisotopic (exact) mass is 562 g/mol. The number of esters is 4. The summed E-state index contributed by atoms with van der Waals surface area (Å²) in [7, 11) is 0. The van der Waals surface area contributed by atoms with Crippen LogP contribution in [0.3, 0.4) is 0 Å². The van der Waals surface area contributed by atoms with Crippen molar-refractivity contribution >= 4 is 23.9 Å². The summed E-state index contributed by atoms with van der Waals surface area (Å²) in [6, 6.07) is 0. The Labute approximate surface area is 235 Å². The van der Waals surface area contributed by atoms with E-state index in [1.807, 2.05) is 0 Å². The zero-order chi connectivity index (χ0) is 29.6. The number of epoxide rings is 1. The molecule has 0 unspecified atom stereocenters. The van der Waals surface area contributed by atoms with Crippen LogP contribution in [-0.2, 0) is 42.9 Å². The van der Waals surface area contributed by atoms with E-state index in [-0.39, 0.29) is 12.8 Å². The molecule has 0 amide bonds. The highest BCUT2D eigenvalue weighted by Gasteiger charge is 2.87. The topological polar surface area (TPSA) is 138 Å². The molecular formula is C30H42O10. The second kappa shape index (κ2) is 10.9. The number of aliphatic hydroxyl groups excluding tert-OH is 1. The van der Waals surface area contributed by atoms with Crippen molar-refractivity contribution in [1.82, 2.24) is 0 Å². The summed E-state index contributed by atoms with van der Waals surface area (Å²) in [4.78, 5) is 51.4. The molecule has 0 aromatic carbocycles. The number of hydrogen-bond acceptors (Lipinski definition) is 10. The minimum absolute atomic E-state index is 0.115. The Morgan fingerprint density at radius 2 is 1.77 bits per heavy atom. The van der Waals surface area contributed by atoms with Crippen LogP contribution in [0.1, 0.15) is 93.4 Å². The van der Waals surface area contributed by atoms with Crippen LogP contribution in [0.2, 0.25) is 0 Å². The average molecular weight is 563 g/mol. The van der Waals surface area contributed by atoms with Gasteiger partial charge in [0.1, 0.15) is 5.60 Å². The Morgan fingerprint density at radius 1 is 1.10 bits per heavy atom. The fraction of sp³-hybridized carbons (Fsp3) is 0.733. The second-order valence-corrected chi connectivity index (χ2v) is 11.9. The maximum Gasteiger partial charge on any atom is 0.342 e. The van der Waals surface area contributed by atoms with Crippen LogP contribution >= 0.6 is 0 Å². The van der Waals surface area contributed by atoms with Crippen molar-refractivity contribution in [2.24, 2.45) is 5.92 Å². The largest absolute Gasteiger partial charge is 0.459 e. The molecule has 2 aliphatic carbocycles. The summed E-state index contributed by atoms with van der Waals surface area (Å²) < 4.78 is 29.6. The van der Waals surface area contributed by atoms with Gasteiger partial charge >= 0.3 is 23.9 Å². The van der Waals surface area contributed by atoms with E-state index in [1.54, 1.807) is 40.7 Å². The van der Waals surface area contributed by atoms with E-state index >= 15 is 0 Å². The van der Waals surface area contributed by atoms with E-state index in [0.29, 0.717) is 23.1 Å². The molecule has 4 rings (SSSR count). The zero-order valence-electron chi connectivity index (χ0n) is 24.5. The lowest BCUT2D eigenvalue weighted by atomic mass is 9.79. The first-order valence-electron chi connectivity index (χ1n) is 14.3. The average Bonchev–Trinajstić information content (AvgIpc) is 3.39. The predicted molar refractivity (Wildman–Crippen MR) is 142 cm³/mol. The van der Waals surface area contributed by atoms with Crippen molar-refractivity contribution in [2.75, 3.05) is 0 Å². The molecule has 1 spiro atoms. The maximum atomic E-state index is 13.2. The molecule has 0 bridgehead atoms. The number of carbonyl (C=O) groups excluding carboxylic acids is 4. The predicted octanol–water partition coefficient (Wildman–Crippen LogP) is 3.62. The maximum absolute atomic E-state index is 13.2. The van der Waals surface area contributed by atoms with Gasteiger partial charge in [-0.25, -0.2) is 9.59 Å². The van der Waals surface area contributed by atoms with Gasteiger partial charge < -0.3 is 28.8 Å². The third-order valence-corrected chi connectivity index (χ3v) is 9.08. The van der Waals surface area contributed by atoms with Gasteiger partial charge in [-0.1, -0.05) is 38.7 Å². The van der Waals surface area contributed by atoms with Gasteiger partial charge in [-0.2, -0.15) is 0 Å². The molecule has 0 radical (unpaired) electrons. The minimum Gasteiger partial charge on any atom is -0.459 e. The number of hydrogen-bond donors (Lipinski definition) is 1. The Kier molecular flexibility index (Phi) is 8.26. The van der Waals surface area contributed by atoms with Crippen LogP contribution in [0.5, 0.6) is 0 Å². The van der Waals surface area contributed by atoms with Gasteiger partial charge in [0.15, 0.2) is 29.5 Å². The lowest BCUT2D eigenvalue weighted by molar-refractivity contribution is -0.182. The van der Waals surface area contributed by atoms with E-state index in [1.165, 1.54) is 6.92 Å². The number of carbonyl (C=O) groups is 4. The number of allylic oxidation sites excluding steroid dienone is 1. The van der Waals surface area contributed by atoms with Gasteiger partial charge in [-0.15, -0.1) is 0 Å². The van der Waals surface area contributed by atoms with Gasteiger partial charge in [0.25, 0.3) is 0 Å². The highest BCUT2D eigenvalue weighted by molar-refractivity contribution is 5.90. The van der Waals surface area contributed by atoms with Crippen molar-refractivity contribution in [2.45, 2.75) is 135 Å². The Bertz CT molecular complexity index is 1140. The lowest BCUT2D eigenvalue weighted by Gasteiger charge is -2.39. The van der Waals surface area contributed by atoms with E-state index < -0.39 is 71.0 Å². The minimum atomic E-state index is -1.40. The summed E-state index contributed by atoms with van der Waals surface area (Å²) >= 11 is 0. The lowest BCUT2D eigenvalue weighted by Crippen LogP contribution is -2.50. The van der Waals surface area contributed by atoms with Crippen molar-refractivity contribution in [1.29, 1.82) is 0 Å². The molecule has 4 aliphatic rings. The first-order chi connectivity index (χ1) is 18.8. The van der Waals surface area contributed by atoms with Crippen LogP contribution in [0, 0.1) is 5.92 Å². The van der Waals surface area contributed by atoms with Crippen LogP contribution in [0.15, 0.2) is 22.8 Å². The van der Waals surface area contributed by atoms with Gasteiger partial charge in [0.05, 0.1) is 12.0 Å². The Hall–Kier alpha value is -2.72. The van der Waals surface area contributed by atoms with Gasteiger partial charge in [0, 0.05) is 25.3 Å². The highest BCUT2D eigenvalue weighted by atomic mass is 16.7. The molecule has 0 aromatic heterocycles. The third-order valence-electron chi connectivity index (χ3n) is 9.08. The van der Waals surface area contributed by atoms with E-state index in [0.717, 1.165) is 25.7 Å². The molecule has 10 nitrogen and oxygen atoms in total. The standard InChI is InChI=1S/C30H42O10/c1-8-10-11-12-13-14-20(33)36-24-22-21(17(4)23(24)37-26(34)16(3)9-2)25-30(29(7,40-30)27(35)38-25)19(32)15-28(22,6)39-18(5)31/h9,19,22-25,32H,8,10-15H2,1-7H3/b16-9-/t19-,22+,23-,24-,25-,28-,29-,30+/m1/s1. The molecule has 3 fully saturated rings. The fourth-order valence-corrected chi connectivity index (χ4v) is 6.82. The van der Waals surface area contributed by atoms with Gasteiger partial charge in [0.2, 0.25) is 0 Å². The van der Waals surface area contributed by atoms with Gasteiger partial charge in [-0.05, 0) is 52.2 Å². The summed E-state index contributed by atoms with van der Waals surface area (Å²) in [5, 5.41) is 11.4. The summed E-state index contributed by atoms with van der Waals surface area (Å²) in [5.41, 5.74) is -2.83. The van der Waals surface area contributed by atoms with E-state index in [2.05, 4.69) is 6.92 Å². The smallest absolute Gasteiger partial charge is 0.342 e. The van der Waals surface area contributed by atoms with Crippen LogP contribution in [0.25, 0.3) is 0 Å². The van der Waals surface area contributed by atoms with Crippen molar-refractivity contribution in [3.63, 3.8) is 0 Å². The Balaban J connectivity index is 1.77. The molecule has 0 aromatic rings. The van der Waals surface area contributed by atoms with Gasteiger partial charge in [-0.3, -0.25) is 9.59 Å². The normalized spacial score (nSPS) is 38.0. The van der Waals surface area contributed by atoms with Crippen molar-refractivity contribution < 1.29 is 48.0 Å². The quantitative estimate of drug-likeness (QED) is 0.105. The first kappa shape index (κ1) is 30.2. The molecule has 2 heterocycles. The third kappa shape index (κ3) is 4.76. The summed E-state index contributed by atoms with van der Waals surface area (Å²) in [6.07, 6.45) is 2.00. The number of ether oxygens (including phenoxy) is 5. The molecule has 40 heavy (non-hydrogen) atoms. The summed E-state index contributed by atoms with van der Waals surface area (Å²) in [6.45, 7) is 11.6. The van der Waals surface area contributed by atoms with E-state index in [9.17, 15) is 24.3 Å². The molecule has 2 saturated heterocycles. The molecular weight excluding hydrogens is 520 g/mol. The van der Waals surface area contributed by atoms with E-state index in [4.69, 9.17) is 23.7 Å². The van der Waals surface area contributed by atoms with Crippen molar-refractivity contribution in [3.8, 4) is 0 Å². The van der Waals surface area contributed by atoms with Crippen LogP contribution in [0.4, 0.5) is 0 Å². The number of fused-ring (bicyclic) bond motifs is 2. The highest BCUT2D eigenvalue weighted by Crippen LogP contribution is 2.66. The number of aliphatic hydroxyl groups is 1. The second-order valence-electron chi connectivity index (χ2n) is 11.9. The number of rotatable bonds is 10. The fourth-order valence-electron chi connectivity index (χ4n) is 6.82. The zero-order valence-corrected chi connectivity index (χ0v) is 24.5.